The van der Waals surface area contributed by atoms with Crippen molar-refractivity contribution in [2.45, 2.75) is 24.5 Å². The van der Waals surface area contributed by atoms with Gasteiger partial charge >= 0.3 is 14.3 Å². The van der Waals surface area contributed by atoms with Crippen molar-refractivity contribution in [3.63, 3.8) is 0 Å². The summed E-state index contributed by atoms with van der Waals surface area (Å²) in [5.41, 5.74) is -3.55. The van der Waals surface area contributed by atoms with E-state index in [-0.39, 0.29) is 0 Å². The van der Waals surface area contributed by atoms with Gasteiger partial charge in [-0.05, 0) is 0 Å². The highest BCUT2D eigenvalue weighted by Crippen LogP contribution is 2.20. The fraction of sp³-hybridized carbons (Fsp3) is 0.700. The summed E-state index contributed by atoms with van der Waals surface area (Å²) in [6.45, 7) is 0.980. The second kappa shape index (κ2) is 9.66. The molecule has 0 aliphatic carbocycles. The molecule has 1 aromatic heterocycles. The molecule has 0 bridgehead atoms. The van der Waals surface area contributed by atoms with Gasteiger partial charge in [0.25, 0.3) is 0 Å². The zero-order chi connectivity index (χ0) is 18.1. The van der Waals surface area contributed by atoms with E-state index in [1.165, 1.54) is 0 Å². The summed E-state index contributed by atoms with van der Waals surface area (Å²) < 4.78 is 77.1. The summed E-state index contributed by atoms with van der Waals surface area (Å²) in [7, 11) is -3.50. The first-order chi connectivity index (χ1) is 10.5. The zero-order valence-electron chi connectivity index (χ0n) is 12.7. The van der Waals surface area contributed by atoms with Crippen LogP contribution in [0.25, 0.3) is 0 Å². The average Bonchev–Trinajstić information content (AvgIpc) is 2.96. The predicted octanol–water partition coefficient (Wildman–Crippen LogP) is 1.36. The summed E-state index contributed by atoms with van der Waals surface area (Å²) in [5.74, 6) is 0. The predicted molar refractivity (Wildman–Crippen MR) is 76.5 cm³/mol. The van der Waals surface area contributed by atoms with Crippen LogP contribution in [-0.4, -0.2) is 48.6 Å². The van der Waals surface area contributed by atoms with E-state index in [2.05, 4.69) is 21.7 Å². The Hall–Kier alpha value is -0.573. The minimum atomic E-state index is -6.09. The van der Waals surface area contributed by atoms with Gasteiger partial charge in [0.1, 0.15) is 6.54 Å². The highest BCUT2D eigenvalue weighted by Gasteiger charge is 2.37. The normalized spacial score (nSPS) is 12.7. The molecule has 0 aliphatic heterocycles. The Kier molecular flexibility index (Phi) is 9.42. The molecule has 0 N–H and O–H groups in total. The molecule has 1 aromatic rings. The van der Waals surface area contributed by atoms with E-state index >= 15 is 0 Å². The van der Waals surface area contributed by atoms with E-state index in [1.54, 1.807) is 32.7 Å². The number of aryl methyl sites for hydroxylation is 1. The highest BCUT2D eigenvalue weighted by atomic mass is 32.2. The van der Waals surface area contributed by atoms with Gasteiger partial charge in [0.05, 0.1) is 5.38 Å². The van der Waals surface area contributed by atoms with Gasteiger partial charge in [-0.2, -0.15) is 17.7 Å². The largest absolute Gasteiger partial charge is 0.741 e. The Morgan fingerprint density at radius 2 is 1.70 bits per heavy atom. The van der Waals surface area contributed by atoms with Gasteiger partial charge in [-0.15, -0.1) is 0 Å². The second-order valence-corrected chi connectivity index (χ2v) is 9.28. The van der Waals surface area contributed by atoms with Gasteiger partial charge in [-0.1, -0.05) is 11.3 Å². The van der Waals surface area contributed by atoms with E-state index in [4.69, 9.17) is 26.2 Å². The zero-order valence-corrected chi connectivity index (χ0v) is 15.3. The lowest BCUT2D eigenvalue weighted by atomic mass is 10.5. The van der Waals surface area contributed by atoms with E-state index in [1.807, 2.05) is 0 Å². The number of aromatic nitrogens is 1. The maximum absolute atomic E-state index is 10.7. The summed E-state index contributed by atoms with van der Waals surface area (Å²) in [6.07, 6.45) is 3.07. The summed E-state index contributed by atoms with van der Waals surface area (Å²) >= 11 is 1.70. The average molecular weight is 397 g/mol. The van der Waals surface area contributed by atoms with Crippen LogP contribution >= 0.6 is 11.3 Å². The lowest BCUT2D eigenvalue weighted by Crippen LogP contribution is -2.43. The quantitative estimate of drug-likeness (QED) is 0.299. The summed E-state index contributed by atoms with van der Waals surface area (Å²) in [5, 5.41) is 2.06. The first-order valence-electron chi connectivity index (χ1n) is 6.10. The Morgan fingerprint density at radius 3 is 2.00 bits per heavy atom. The Morgan fingerprint density at radius 1 is 1.22 bits per heavy atom. The van der Waals surface area contributed by atoms with Gasteiger partial charge < -0.3 is 17.8 Å². The molecular weight excluding hydrogens is 379 g/mol. The number of hydrogen-bond acceptors (Lipinski definition) is 7. The maximum Gasteiger partial charge on any atom is 0.500 e. The molecule has 23 heavy (non-hydrogen) atoms. The van der Waals surface area contributed by atoms with Crippen molar-refractivity contribution in [1.82, 2.24) is 0 Å². The van der Waals surface area contributed by atoms with Crippen LogP contribution in [0.5, 0.6) is 0 Å². The molecule has 0 aromatic carbocycles. The van der Waals surface area contributed by atoms with E-state index in [9.17, 15) is 13.2 Å². The first-order valence-corrected chi connectivity index (χ1v) is 10.4. The number of nitrogens with zero attached hydrogens (tertiary/aromatic N) is 1. The molecule has 0 unspecified atom stereocenters. The van der Waals surface area contributed by atoms with Gasteiger partial charge in [0.15, 0.2) is 16.3 Å². The molecule has 1 rings (SSSR count). The molecule has 7 nitrogen and oxygen atoms in total. The van der Waals surface area contributed by atoms with Crippen molar-refractivity contribution in [2.75, 3.05) is 21.3 Å². The van der Waals surface area contributed by atoms with Crippen LogP contribution in [0.1, 0.15) is 6.42 Å². The van der Waals surface area contributed by atoms with E-state index in [0.29, 0.717) is 0 Å². The van der Waals surface area contributed by atoms with Crippen LogP contribution in [0, 0.1) is 0 Å². The number of rotatable bonds is 7. The van der Waals surface area contributed by atoms with Crippen LogP contribution in [0.15, 0.2) is 17.1 Å². The lowest BCUT2D eigenvalue weighted by molar-refractivity contribution is -0.692. The smallest absolute Gasteiger partial charge is 0.500 e. The molecule has 0 aliphatic rings. The molecule has 0 saturated heterocycles. The van der Waals surface area contributed by atoms with Crippen LogP contribution in [0.2, 0.25) is 6.04 Å². The standard InChI is InChI=1S/C9H18NO3SSi.CHF3O3S/c1-11-15(12-2,13-3)8-4-5-10-6-7-14-9-10;2-1(3,4)8(5,6)7/h6-7,9H,4-5,8H2,1-3H3;(H,5,6,7)/q+1;/p-1. The van der Waals surface area contributed by atoms with Crippen molar-refractivity contribution in [3.05, 3.63) is 17.1 Å². The highest BCUT2D eigenvalue weighted by molar-refractivity contribution is 7.86. The Labute approximate surface area is 137 Å². The monoisotopic (exact) mass is 397 g/mol. The van der Waals surface area contributed by atoms with Crippen molar-refractivity contribution >= 4 is 30.3 Å². The maximum atomic E-state index is 10.7. The number of halogens is 3. The summed E-state index contributed by atoms with van der Waals surface area (Å²) in [4.78, 5) is 0. The third-order valence-electron chi connectivity index (χ3n) is 2.64. The fourth-order valence-corrected chi connectivity index (χ4v) is 3.76. The molecule has 0 radical (unpaired) electrons. The number of alkyl halides is 3. The Balaban J connectivity index is 0.000000515. The van der Waals surface area contributed by atoms with Gasteiger partial charge in [-0.3, -0.25) is 0 Å². The molecule has 0 amide bonds. The third-order valence-corrected chi connectivity index (χ3v) is 6.71. The van der Waals surface area contributed by atoms with E-state index < -0.39 is 24.4 Å². The van der Waals surface area contributed by atoms with Gasteiger partial charge in [-0.25, -0.2) is 8.42 Å². The van der Waals surface area contributed by atoms with Crippen molar-refractivity contribution in [1.29, 1.82) is 0 Å². The minimum absolute atomic E-state index is 0.847. The molecular formula is C10H18F3NO6S2Si. The lowest BCUT2D eigenvalue weighted by Gasteiger charge is -2.23. The van der Waals surface area contributed by atoms with Gasteiger partial charge in [0.2, 0.25) is 5.51 Å². The SMILES string of the molecule is CO[Si](CCC[n+]1ccsc1)(OC)OC.O=S(=O)([O-])C(F)(F)F. The molecule has 0 spiro atoms. The second-order valence-electron chi connectivity index (χ2n) is 4.06. The first kappa shape index (κ1) is 22.4. The molecule has 1 heterocycles. The summed E-state index contributed by atoms with van der Waals surface area (Å²) in [6, 6.07) is 0.847. The molecule has 0 atom stereocenters. The number of thiazole rings is 1. The number of hydrogen-bond donors (Lipinski definition) is 0. The van der Waals surface area contributed by atoms with E-state index in [0.717, 1.165) is 19.0 Å². The van der Waals surface area contributed by atoms with Crippen LogP contribution < -0.4 is 4.57 Å². The molecule has 136 valence electrons. The molecule has 0 saturated carbocycles. The van der Waals surface area contributed by atoms with Gasteiger partial charge in [0, 0.05) is 33.8 Å². The fourth-order valence-electron chi connectivity index (χ4n) is 1.42. The molecule has 0 fully saturated rings. The van der Waals surface area contributed by atoms with Crippen LogP contribution in [-0.2, 0) is 29.9 Å². The van der Waals surface area contributed by atoms with Crippen molar-refractivity contribution in [2.24, 2.45) is 0 Å². The minimum Gasteiger partial charge on any atom is -0.741 e. The Bertz CT molecular complexity index is 525. The topological polar surface area (TPSA) is 88.8 Å². The van der Waals surface area contributed by atoms with Crippen molar-refractivity contribution in [3.8, 4) is 0 Å². The van der Waals surface area contributed by atoms with Crippen molar-refractivity contribution < 1.29 is 44.0 Å². The molecule has 13 heteroatoms. The van der Waals surface area contributed by atoms with Crippen LogP contribution in [0.3, 0.4) is 0 Å². The van der Waals surface area contributed by atoms with Crippen LogP contribution in [0.4, 0.5) is 13.2 Å². The third kappa shape index (κ3) is 8.19.